The largest absolute Gasteiger partial charge is 0.497 e. The summed E-state index contributed by atoms with van der Waals surface area (Å²) in [6, 6.07) is 7.31. The van der Waals surface area contributed by atoms with Gasteiger partial charge in [0.05, 0.1) is 7.11 Å². The fourth-order valence-corrected chi connectivity index (χ4v) is 2.13. The summed E-state index contributed by atoms with van der Waals surface area (Å²) in [5.74, 6) is 0.772. The van der Waals surface area contributed by atoms with Gasteiger partial charge in [-0.2, -0.15) is 0 Å². The summed E-state index contributed by atoms with van der Waals surface area (Å²) < 4.78 is 10.6. The molecule has 0 amide bonds. The van der Waals surface area contributed by atoms with E-state index in [-0.39, 0.29) is 0 Å². The van der Waals surface area contributed by atoms with Crippen LogP contribution in [0.3, 0.4) is 0 Å². The number of hydrogen-bond acceptors (Lipinski definition) is 4. The Morgan fingerprint density at radius 2 is 1.95 bits per heavy atom. The van der Waals surface area contributed by atoms with E-state index >= 15 is 0 Å². The molecule has 104 valence electrons. The van der Waals surface area contributed by atoms with E-state index in [1.165, 1.54) is 0 Å². The molecule has 1 aliphatic rings. The lowest BCUT2D eigenvalue weighted by molar-refractivity contribution is -0.148. The topological polar surface area (TPSA) is 67.8 Å². The van der Waals surface area contributed by atoms with Gasteiger partial charge in [-0.3, -0.25) is 10.1 Å². The first kappa shape index (κ1) is 13.7. The van der Waals surface area contributed by atoms with Crippen LogP contribution in [-0.4, -0.2) is 36.9 Å². The van der Waals surface area contributed by atoms with Crippen LogP contribution in [0.5, 0.6) is 11.5 Å². The van der Waals surface area contributed by atoms with Gasteiger partial charge >= 0.3 is 5.97 Å². The molecule has 0 spiro atoms. The maximum absolute atomic E-state index is 11.1. The molecule has 1 saturated carbocycles. The second-order valence-corrected chi connectivity index (χ2v) is 4.69. The molecule has 0 aromatic heterocycles. The standard InChI is InChI=1S/C14H19NO4/c1-18-11-3-5-12(6-4-11)19-10-9-15-14(13(16)17)7-2-8-14/h3-6,15H,2,7-10H2,1H3,(H,16,17). The maximum atomic E-state index is 11.1. The molecule has 2 N–H and O–H groups in total. The van der Waals surface area contributed by atoms with E-state index in [1.54, 1.807) is 7.11 Å². The van der Waals surface area contributed by atoms with Crippen molar-refractivity contribution in [3.05, 3.63) is 24.3 Å². The van der Waals surface area contributed by atoms with Crippen LogP contribution >= 0.6 is 0 Å². The van der Waals surface area contributed by atoms with Crippen LogP contribution in [0.25, 0.3) is 0 Å². The predicted molar refractivity (Wildman–Crippen MR) is 70.7 cm³/mol. The number of rotatable bonds is 7. The highest BCUT2D eigenvalue weighted by Crippen LogP contribution is 2.31. The normalized spacial score (nSPS) is 16.5. The summed E-state index contributed by atoms with van der Waals surface area (Å²) in [5.41, 5.74) is -0.719. The van der Waals surface area contributed by atoms with E-state index < -0.39 is 11.5 Å². The Balaban J connectivity index is 1.73. The van der Waals surface area contributed by atoms with E-state index in [0.29, 0.717) is 26.0 Å². The third-order valence-corrected chi connectivity index (χ3v) is 3.51. The summed E-state index contributed by atoms with van der Waals surface area (Å²) in [7, 11) is 1.61. The summed E-state index contributed by atoms with van der Waals surface area (Å²) in [6.07, 6.45) is 2.37. The first-order chi connectivity index (χ1) is 9.16. The van der Waals surface area contributed by atoms with E-state index in [4.69, 9.17) is 14.6 Å². The number of carboxylic acid groups (broad SMARTS) is 1. The molecule has 0 atom stereocenters. The van der Waals surface area contributed by atoms with Gasteiger partial charge in [-0.05, 0) is 43.5 Å². The van der Waals surface area contributed by atoms with Crippen molar-refractivity contribution < 1.29 is 19.4 Å². The molecule has 0 radical (unpaired) electrons. The van der Waals surface area contributed by atoms with E-state index in [9.17, 15) is 4.79 Å². The number of benzene rings is 1. The molecular formula is C14H19NO4. The zero-order valence-electron chi connectivity index (χ0n) is 11.0. The molecule has 0 bridgehead atoms. The zero-order valence-corrected chi connectivity index (χ0v) is 11.0. The fraction of sp³-hybridized carbons (Fsp3) is 0.500. The Hall–Kier alpha value is -1.75. The van der Waals surface area contributed by atoms with Crippen LogP contribution in [-0.2, 0) is 4.79 Å². The number of carbonyl (C=O) groups is 1. The smallest absolute Gasteiger partial charge is 0.323 e. The van der Waals surface area contributed by atoms with Crippen molar-refractivity contribution in [3.8, 4) is 11.5 Å². The van der Waals surface area contributed by atoms with Gasteiger partial charge in [-0.25, -0.2) is 0 Å². The van der Waals surface area contributed by atoms with Gasteiger partial charge < -0.3 is 14.6 Å². The molecule has 1 aromatic carbocycles. The van der Waals surface area contributed by atoms with Gasteiger partial charge in [0.15, 0.2) is 0 Å². The lowest BCUT2D eigenvalue weighted by Gasteiger charge is -2.38. The van der Waals surface area contributed by atoms with Gasteiger partial charge in [0.2, 0.25) is 0 Å². The van der Waals surface area contributed by atoms with Crippen molar-refractivity contribution in [2.75, 3.05) is 20.3 Å². The van der Waals surface area contributed by atoms with Crippen LogP contribution in [0.2, 0.25) is 0 Å². The second-order valence-electron chi connectivity index (χ2n) is 4.69. The average Bonchev–Trinajstić information content (AvgIpc) is 2.37. The Kier molecular flexibility index (Phi) is 4.27. The van der Waals surface area contributed by atoms with Crippen LogP contribution in [0.4, 0.5) is 0 Å². The zero-order chi connectivity index (χ0) is 13.7. The number of nitrogens with one attached hydrogen (secondary N) is 1. The fourth-order valence-electron chi connectivity index (χ4n) is 2.13. The highest BCUT2D eigenvalue weighted by Gasteiger charge is 2.43. The summed E-state index contributed by atoms with van der Waals surface area (Å²) >= 11 is 0. The average molecular weight is 265 g/mol. The minimum Gasteiger partial charge on any atom is -0.497 e. The highest BCUT2D eigenvalue weighted by molar-refractivity contribution is 5.79. The molecular weight excluding hydrogens is 246 g/mol. The van der Waals surface area contributed by atoms with Crippen LogP contribution < -0.4 is 14.8 Å². The lowest BCUT2D eigenvalue weighted by Crippen LogP contribution is -2.57. The number of ether oxygens (including phenoxy) is 2. The number of aliphatic carboxylic acids is 1. The van der Waals surface area contributed by atoms with Gasteiger partial charge in [0, 0.05) is 6.54 Å². The first-order valence-corrected chi connectivity index (χ1v) is 6.41. The van der Waals surface area contributed by atoms with Gasteiger partial charge in [-0.15, -0.1) is 0 Å². The molecule has 19 heavy (non-hydrogen) atoms. The third kappa shape index (κ3) is 3.17. The molecule has 0 unspecified atom stereocenters. The van der Waals surface area contributed by atoms with Crippen molar-refractivity contribution in [2.24, 2.45) is 0 Å². The lowest BCUT2D eigenvalue weighted by atomic mass is 9.77. The van der Waals surface area contributed by atoms with Gasteiger partial charge in [-0.1, -0.05) is 0 Å². The minimum atomic E-state index is -0.761. The highest BCUT2D eigenvalue weighted by atomic mass is 16.5. The van der Waals surface area contributed by atoms with Crippen molar-refractivity contribution >= 4 is 5.97 Å². The molecule has 0 heterocycles. The minimum absolute atomic E-state index is 0.446. The molecule has 5 nitrogen and oxygen atoms in total. The Morgan fingerprint density at radius 3 is 2.42 bits per heavy atom. The number of methoxy groups -OCH3 is 1. The van der Waals surface area contributed by atoms with Crippen LogP contribution in [0.15, 0.2) is 24.3 Å². The van der Waals surface area contributed by atoms with Crippen molar-refractivity contribution in [1.82, 2.24) is 5.32 Å². The molecule has 1 aliphatic carbocycles. The Morgan fingerprint density at radius 1 is 1.32 bits per heavy atom. The van der Waals surface area contributed by atoms with Gasteiger partial charge in [0.1, 0.15) is 23.6 Å². The first-order valence-electron chi connectivity index (χ1n) is 6.41. The molecule has 1 aromatic rings. The monoisotopic (exact) mass is 265 g/mol. The second kappa shape index (κ2) is 5.93. The van der Waals surface area contributed by atoms with E-state index in [2.05, 4.69) is 5.32 Å². The molecule has 0 saturated heterocycles. The van der Waals surface area contributed by atoms with Crippen molar-refractivity contribution in [2.45, 2.75) is 24.8 Å². The molecule has 1 fully saturated rings. The quantitative estimate of drug-likeness (QED) is 0.734. The van der Waals surface area contributed by atoms with Crippen LogP contribution in [0.1, 0.15) is 19.3 Å². The summed E-state index contributed by atoms with van der Waals surface area (Å²) in [4.78, 5) is 11.1. The van der Waals surface area contributed by atoms with E-state index in [1.807, 2.05) is 24.3 Å². The molecule has 0 aliphatic heterocycles. The maximum Gasteiger partial charge on any atom is 0.323 e. The summed E-state index contributed by atoms with van der Waals surface area (Å²) in [5, 5.41) is 12.2. The summed E-state index contributed by atoms with van der Waals surface area (Å²) in [6.45, 7) is 0.972. The Bertz CT molecular complexity index is 426. The van der Waals surface area contributed by atoms with E-state index in [0.717, 1.165) is 17.9 Å². The van der Waals surface area contributed by atoms with Crippen LogP contribution in [0, 0.1) is 0 Å². The molecule has 5 heteroatoms. The molecule has 2 rings (SSSR count). The SMILES string of the molecule is COc1ccc(OCCNC2(C(=O)O)CCC2)cc1. The van der Waals surface area contributed by atoms with Crippen molar-refractivity contribution in [1.29, 1.82) is 0 Å². The number of hydrogen-bond donors (Lipinski definition) is 2. The van der Waals surface area contributed by atoms with Gasteiger partial charge in [0.25, 0.3) is 0 Å². The predicted octanol–water partition coefficient (Wildman–Crippen LogP) is 1.67. The Labute approximate surface area is 112 Å². The number of carboxylic acids is 1. The van der Waals surface area contributed by atoms with Crippen molar-refractivity contribution in [3.63, 3.8) is 0 Å². The third-order valence-electron chi connectivity index (χ3n) is 3.51.